The Kier molecular flexibility index (Phi) is 4.07. The van der Waals surface area contributed by atoms with Crippen LogP contribution in [0.25, 0.3) is 16.2 Å². The molecule has 0 atom stereocenters. The number of para-hydroxylation sites is 2. The zero-order chi connectivity index (χ0) is 17.2. The fraction of sp³-hybridized carbons (Fsp3) is 0.167. The number of carbonyl (C=O) groups excluding carboxylic acids is 1. The van der Waals surface area contributed by atoms with Crippen LogP contribution in [0.2, 0.25) is 0 Å². The van der Waals surface area contributed by atoms with Crippen molar-refractivity contribution in [2.24, 2.45) is 0 Å². The van der Waals surface area contributed by atoms with E-state index in [4.69, 9.17) is 0 Å². The number of hydrogen-bond acceptors (Lipinski definition) is 4. The lowest BCUT2D eigenvalue weighted by Gasteiger charge is -2.01. The van der Waals surface area contributed by atoms with E-state index >= 15 is 0 Å². The predicted octanol–water partition coefficient (Wildman–Crippen LogP) is 4.01. The molecular formula is C18H17N5OS. The van der Waals surface area contributed by atoms with Crippen LogP contribution in [-0.2, 0) is 6.42 Å². The van der Waals surface area contributed by atoms with Crippen LogP contribution in [0.5, 0.6) is 0 Å². The van der Waals surface area contributed by atoms with Crippen molar-refractivity contribution in [2.45, 2.75) is 19.8 Å². The molecule has 1 amide bonds. The van der Waals surface area contributed by atoms with E-state index in [-0.39, 0.29) is 5.91 Å². The summed E-state index contributed by atoms with van der Waals surface area (Å²) in [7, 11) is 0. The minimum absolute atomic E-state index is 0.182. The smallest absolute Gasteiger partial charge is 0.270 e. The number of thiazole rings is 1. The molecular weight excluding hydrogens is 334 g/mol. The minimum atomic E-state index is -0.182. The highest BCUT2D eigenvalue weighted by atomic mass is 32.1. The summed E-state index contributed by atoms with van der Waals surface area (Å²) in [6, 6.07) is 11.6. The van der Waals surface area contributed by atoms with Crippen LogP contribution < -0.4 is 5.32 Å². The van der Waals surface area contributed by atoms with Crippen LogP contribution in [0, 0.1) is 0 Å². The number of nitrogens with zero attached hydrogens (tertiary/aromatic N) is 3. The summed E-state index contributed by atoms with van der Waals surface area (Å²) < 4.78 is 1.92. The van der Waals surface area contributed by atoms with Crippen molar-refractivity contribution >= 4 is 34.2 Å². The summed E-state index contributed by atoms with van der Waals surface area (Å²) in [5.41, 5.74) is 2.54. The summed E-state index contributed by atoms with van der Waals surface area (Å²) in [6.07, 6.45) is 5.55. The molecule has 6 nitrogen and oxygen atoms in total. The number of benzene rings is 1. The lowest BCUT2D eigenvalue weighted by atomic mass is 10.2. The molecule has 4 rings (SSSR count). The van der Waals surface area contributed by atoms with Crippen molar-refractivity contribution in [3.05, 3.63) is 59.4 Å². The van der Waals surface area contributed by atoms with Gasteiger partial charge in [-0.05, 0) is 30.7 Å². The molecule has 0 saturated heterocycles. The Morgan fingerprint density at radius 3 is 2.76 bits per heavy atom. The van der Waals surface area contributed by atoms with Crippen molar-refractivity contribution in [1.82, 2.24) is 19.5 Å². The van der Waals surface area contributed by atoms with E-state index in [1.54, 1.807) is 0 Å². The number of hydrogen-bond donors (Lipinski definition) is 2. The van der Waals surface area contributed by atoms with Gasteiger partial charge in [-0.25, -0.2) is 9.97 Å². The van der Waals surface area contributed by atoms with Crippen molar-refractivity contribution in [2.75, 3.05) is 5.32 Å². The third kappa shape index (κ3) is 3.06. The Bertz CT molecular complexity index is 982. The third-order valence-electron chi connectivity index (χ3n) is 3.83. The van der Waals surface area contributed by atoms with Gasteiger partial charge in [0.1, 0.15) is 4.88 Å². The van der Waals surface area contributed by atoms with Gasteiger partial charge in [0.15, 0.2) is 5.13 Å². The number of aromatic nitrogens is 4. The third-order valence-corrected chi connectivity index (χ3v) is 4.94. The number of aryl methyl sites for hydroxylation is 1. The second kappa shape index (κ2) is 6.52. The van der Waals surface area contributed by atoms with Crippen molar-refractivity contribution in [1.29, 1.82) is 0 Å². The zero-order valence-electron chi connectivity index (χ0n) is 13.7. The Balaban J connectivity index is 1.64. The molecule has 2 N–H and O–H groups in total. The van der Waals surface area contributed by atoms with Gasteiger partial charge in [-0.1, -0.05) is 36.8 Å². The maximum atomic E-state index is 12.8. The average Bonchev–Trinajstić information content (AvgIpc) is 3.33. The predicted molar refractivity (Wildman–Crippen MR) is 99.5 cm³/mol. The molecule has 3 heterocycles. The first-order chi connectivity index (χ1) is 12.2. The number of anilines is 1. The standard InChI is InChI=1S/C18H17N5OS/c1-2-7-14-15(25-18(21-14)23-10-5-6-11-23)16(24)22-17-19-12-8-3-4-9-13(12)20-17/h3-6,8-11H,2,7H2,1H3,(H2,19,20,22,24). The first kappa shape index (κ1) is 15.6. The summed E-state index contributed by atoms with van der Waals surface area (Å²) in [5, 5.41) is 3.66. The lowest BCUT2D eigenvalue weighted by molar-refractivity contribution is 0.102. The average molecular weight is 351 g/mol. The van der Waals surface area contributed by atoms with E-state index in [1.807, 2.05) is 53.4 Å². The normalized spacial score (nSPS) is 11.1. The fourth-order valence-electron chi connectivity index (χ4n) is 2.67. The maximum absolute atomic E-state index is 12.8. The number of carbonyl (C=O) groups is 1. The number of aromatic amines is 1. The van der Waals surface area contributed by atoms with Crippen molar-refractivity contribution in [3.63, 3.8) is 0 Å². The minimum Gasteiger partial charge on any atom is -0.324 e. The summed E-state index contributed by atoms with van der Waals surface area (Å²) in [5.74, 6) is 0.267. The molecule has 0 fully saturated rings. The van der Waals surface area contributed by atoms with Gasteiger partial charge >= 0.3 is 0 Å². The summed E-state index contributed by atoms with van der Waals surface area (Å²) in [6.45, 7) is 2.08. The SMILES string of the molecule is CCCc1nc(-n2cccc2)sc1C(=O)Nc1nc2ccccc2[nH]1. The van der Waals surface area contributed by atoms with E-state index in [2.05, 4.69) is 27.2 Å². The molecule has 0 aliphatic rings. The number of amides is 1. The van der Waals surface area contributed by atoms with Gasteiger partial charge in [-0.3, -0.25) is 10.1 Å². The highest BCUT2D eigenvalue weighted by molar-refractivity contribution is 7.16. The highest BCUT2D eigenvalue weighted by Gasteiger charge is 2.19. The lowest BCUT2D eigenvalue weighted by Crippen LogP contribution is -2.13. The molecule has 7 heteroatoms. The van der Waals surface area contributed by atoms with E-state index in [9.17, 15) is 4.79 Å². The van der Waals surface area contributed by atoms with E-state index in [1.165, 1.54) is 11.3 Å². The van der Waals surface area contributed by atoms with Crippen LogP contribution in [0.3, 0.4) is 0 Å². The maximum Gasteiger partial charge on any atom is 0.270 e. The number of fused-ring (bicyclic) bond motifs is 1. The van der Waals surface area contributed by atoms with Crippen LogP contribution >= 0.6 is 11.3 Å². The van der Waals surface area contributed by atoms with E-state index < -0.39 is 0 Å². The number of imidazole rings is 1. The summed E-state index contributed by atoms with van der Waals surface area (Å²) >= 11 is 1.39. The molecule has 4 aromatic rings. The molecule has 0 bridgehead atoms. The topological polar surface area (TPSA) is 75.6 Å². The van der Waals surface area contributed by atoms with Gasteiger partial charge in [-0.2, -0.15) is 0 Å². The van der Waals surface area contributed by atoms with E-state index in [0.29, 0.717) is 10.8 Å². The van der Waals surface area contributed by atoms with Gasteiger partial charge in [0.25, 0.3) is 5.91 Å². The molecule has 0 unspecified atom stereocenters. The molecule has 25 heavy (non-hydrogen) atoms. The van der Waals surface area contributed by atoms with Crippen molar-refractivity contribution in [3.8, 4) is 5.13 Å². The van der Waals surface area contributed by atoms with Crippen LogP contribution in [-0.4, -0.2) is 25.4 Å². The second-order valence-corrected chi connectivity index (χ2v) is 6.65. The fourth-order valence-corrected chi connectivity index (χ4v) is 3.65. The van der Waals surface area contributed by atoms with Gasteiger partial charge in [-0.15, -0.1) is 0 Å². The van der Waals surface area contributed by atoms with Gasteiger partial charge in [0, 0.05) is 12.4 Å². The van der Waals surface area contributed by atoms with Gasteiger partial charge in [0.05, 0.1) is 16.7 Å². The van der Waals surface area contributed by atoms with Crippen LogP contribution in [0.4, 0.5) is 5.95 Å². The number of H-pyrrole nitrogens is 1. The molecule has 0 saturated carbocycles. The van der Waals surface area contributed by atoms with Crippen LogP contribution in [0.1, 0.15) is 28.7 Å². The molecule has 3 aromatic heterocycles. The Labute approximate surface area is 148 Å². The monoisotopic (exact) mass is 351 g/mol. The largest absolute Gasteiger partial charge is 0.324 e. The quantitative estimate of drug-likeness (QED) is 0.570. The molecule has 0 radical (unpaired) electrons. The van der Waals surface area contributed by atoms with Gasteiger partial charge < -0.3 is 9.55 Å². The number of rotatable bonds is 5. The van der Waals surface area contributed by atoms with Crippen molar-refractivity contribution < 1.29 is 4.79 Å². The molecule has 0 aliphatic heterocycles. The molecule has 126 valence electrons. The number of nitrogens with one attached hydrogen (secondary N) is 2. The zero-order valence-corrected chi connectivity index (χ0v) is 14.5. The molecule has 1 aromatic carbocycles. The Morgan fingerprint density at radius 2 is 2.00 bits per heavy atom. The Hall–Kier alpha value is -2.93. The first-order valence-electron chi connectivity index (χ1n) is 8.13. The molecule has 0 spiro atoms. The highest BCUT2D eigenvalue weighted by Crippen LogP contribution is 2.24. The van der Waals surface area contributed by atoms with E-state index in [0.717, 1.165) is 34.7 Å². The summed E-state index contributed by atoms with van der Waals surface area (Å²) in [4.78, 5) is 25.5. The van der Waals surface area contributed by atoms with Gasteiger partial charge in [0.2, 0.25) is 5.95 Å². The molecule has 0 aliphatic carbocycles. The Morgan fingerprint density at radius 1 is 1.20 bits per heavy atom. The van der Waals surface area contributed by atoms with Crippen LogP contribution in [0.15, 0.2) is 48.8 Å². The first-order valence-corrected chi connectivity index (χ1v) is 8.95. The second-order valence-electron chi connectivity index (χ2n) is 5.67.